The SMILES string of the molecule is C#CCC(CC)NC1CCC(C)C(C)C1. The fourth-order valence-corrected chi connectivity index (χ4v) is 2.50. The first-order valence-corrected chi connectivity index (χ1v) is 6.36. The summed E-state index contributed by atoms with van der Waals surface area (Å²) in [5.41, 5.74) is 0. The molecule has 0 amide bonds. The van der Waals surface area contributed by atoms with Crippen LogP contribution in [0, 0.1) is 24.2 Å². The van der Waals surface area contributed by atoms with Gasteiger partial charge in [0, 0.05) is 18.5 Å². The van der Waals surface area contributed by atoms with Crippen molar-refractivity contribution in [2.75, 3.05) is 0 Å². The van der Waals surface area contributed by atoms with E-state index in [1.165, 1.54) is 19.3 Å². The lowest BCUT2D eigenvalue weighted by Gasteiger charge is -2.34. The Labute approximate surface area is 95.0 Å². The van der Waals surface area contributed by atoms with Crippen LogP contribution in [0.4, 0.5) is 0 Å². The first-order valence-electron chi connectivity index (χ1n) is 6.36. The van der Waals surface area contributed by atoms with E-state index in [9.17, 15) is 0 Å². The van der Waals surface area contributed by atoms with Gasteiger partial charge in [-0.2, -0.15) is 0 Å². The van der Waals surface area contributed by atoms with Crippen LogP contribution in [0.25, 0.3) is 0 Å². The van der Waals surface area contributed by atoms with Crippen molar-refractivity contribution >= 4 is 0 Å². The first kappa shape index (κ1) is 12.6. The molecule has 1 saturated carbocycles. The second-order valence-corrected chi connectivity index (χ2v) is 5.14. The van der Waals surface area contributed by atoms with E-state index in [0.29, 0.717) is 12.1 Å². The van der Waals surface area contributed by atoms with Gasteiger partial charge in [-0.05, 0) is 37.5 Å². The van der Waals surface area contributed by atoms with Crippen molar-refractivity contribution in [2.45, 2.75) is 65.0 Å². The van der Waals surface area contributed by atoms with Gasteiger partial charge in [-0.3, -0.25) is 0 Å². The van der Waals surface area contributed by atoms with Crippen LogP contribution in [-0.4, -0.2) is 12.1 Å². The van der Waals surface area contributed by atoms with Gasteiger partial charge in [-0.25, -0.2) is 0 Å². The number of nitrogens with one attached hydrogen (secondary N) is 1. The lowest BCUT2D eigenvalue weighted by molar-refractivity contribution is 0.214. The minimum atomic E-state index is 0.528. The van der Waals surface area contributed by atoms with Crippen LogP contribution in [0.5, 0.6) is 0 Å². The summed E-state index contributed by atoms with van der Waals surface area (Å²) >= 11 is 0. The first-order chi connectivity index (χ1) is 7.17. The van der Waals surface area contributed by atoms with E-state index in [2.05, 4.69) is 32.0 Å². The third-order valence-electron chi connectivity index (χ3n) is 3.93. The lowest BCUT2D eigenvalue weighted by Crippen LogP contribution is -2.41. The Hall–Kier alpha value is -0.480. The van der Waals surface area contributed by atoms with Gasteiger partial charge in [0.15, 0.2) is 0 Å². The third kappa shape index (κ3) is 3.87. The van der Waals surface area contributed by atoms with Gasteiger partial charge >= 0.3 is 0 Å². The average Bonchev–Trinajstić information content (AvgIpc) is 2.23. The minimum absolute atomic E-state index is 0.528. The molecule has 1 fully saturated rings. The van der Waals surface area contributed by atoms with E-state index in [4.69, 9.17) is 6.42 Å². The molecule has 0 aromatic rings. The van der Waals surface area contributed by atoms with Crippen LogP contribution >= 0.6 is 0 Å². The van der Waals surface area contributed by atoms with Crippen LogP contribution in [-0.2, 0) is 0 Å². The van der Waals surface area contributed by atoms with Gasteiger partial charge in [0.2, 0.25) is 0 Å². The number of rotatable bonds is 4. The molecule has 0 aliphatic heterocycles. The Morgan fingerprint density at radius 2 is 2.07 bits per heavy atom. The van der Waals surface area contributed by atoms with Crippen molar-refractivity contribution in [1.82, 2.24) is 5.32 Å². The third-order valence-corrected chi connectivity index (χ3v) is 3.93. The smallest absolute Gasteiger partial charge is 0.0240 e. The van der Waals surface area contributed by atoms with Gasteiger partial charge in [0.25, 0.3) is 0 Å². The highest BCUT2D eigenvalue weighted by Crippen LogP contribution is 2.29. The predicted octanol–water partition coefficient (Wildman–Crippen LogP) is 3.20. The highest BCUT2D eigenvalue weighted by atomic mass is 14.9. The zero-order valence-corrected chi connectivity index (χ0v) is 10.4. The molecule has 0 heterocycles. The van der Waals surface area contributed by atoms with Crippen LogP contribution in [0.2, 0.25) is 0 Å². The summed E-state index contributed by atoms with van der Waals surface area (Å²) in [6.07, 6.45) is 11.4. The molecule has 4 unspecified atom stereocenters. The minimum Gasteiger partial charge on any atom is -0.310 e. The Bertz CT molecular complexity index is 216. The standard InChI is InChI=1S/C14H25N/c1-5-7-13(6-2)15-14-9-8-11(3)12(4)10-14/h1,11-15H,6-10H2,2-4H3. The highest BCUT2D eigenvalue weighted by molar-refractivity contribution is 4.91. The Kier molecular flexibility index (Phi) is 5.19. The lowest BCUT2D eigenvalue weighted by atomic mass is 9.79. The molecule has 1 aliphatic rings. The van der Waals surface area contributed by atoms with Crippen molar-refractivity contribution in [2.24, 2.45) is 11.8 Å². The summed E-state index contributed by atoms with van der Waals surface area (Å²) in [7, 11) is 0. The maximum Gasteiger partial charge on any atom is 0.0240 e. The summed E-state index contributed by atoms with van der Waals surface area (Å²) in [5.74, 6) is 4.53. The molecule has 4 atom stereocenters. The second kappa shape index (κ2) is 6.18. The average molecular weight is 207 g/mol. The molecule has 0 aromatic carbocycles. The monoisotopic (exact) mass is 207 g/mol. The van der Waals surface area contributed by atoms with E-state index < -0.39 is 0 Å². The normalized spacial score (nSPS) is 33.3. The van der Waals surface area contributed by atoms with Gasteiger partial charge in [0.1, 0.15) is 0 Å². The van der Waals surface area contributed by atoms with E-state index >= 15 is 0 Å². The van der Waals surface area contributed by atoms with Gasteiger partial charge < -0.3 is 5.32 Å². The fraction of sp³-hybridized carbons (Fsp3) is 0.857. The van der Waals surface area contributed by atoms with Crippen LogP contribution in [0.3, 0.4) is 0 Å². The molecule has 0 aromatic heterocycles. The van der Waals surface area contributed by atoms with Gasteiger partial charge in [-0.15, -0.1) is 12.3 Å². The van der Waals surface area contributed by atoms with Crippen molar-refractivity contribution in [3.05, 3.63) is 0 Å². The van der Waals surface area contributed by atoms with Crippen molar-refractivity contribution in [3.63, 3.8) is 0 Å². The second-order valence-electron chi connectivity index (χ2n) is 5.14. The van der Waals surface area contributed by atoms with Gasteiger partial charge in [0.05, 0.1) is 0 Å². The fourth-order valence-electron chi connectivity index (χ4n) is 2.50. The summed E-state index contributed by atoms with van der Waals surface area (Å²) in [6.45, 7) is 6.96. The largest absolute Gasteiger partial charge is 0.310 e. The van der Waals surface area contributed by atoms with Crippen LogP contribution in [0.1, 0.15) is 52.9 Å². The topological polar surface area (TPSA) is 12.0 Å². The Morgan fingerprint density at radius 3 is 2.60 bits per heavy atom. The van der Waals surface area contributed by atoms with Crippen molar-refractivity contribution in [1.29, 1.82) is 0 Å². The molecule has 0 bridgehead atoms. The summed E-state index contributed by atoms with van der Waals surface area (Å²) in [6, 6.07) is 1.23. The van der Waals surface area contributed by atoms with E-state index in [1.54, 1.807) is 0 Å². The molecule has 0 radical (unpaired) electrons. The molecule has 1 aliphatic carbocycles. The van der Waals surface area contributed by atoms with Crippen molar-refractivity contribution in [3.8, 4) is 12.3 Å². The summed E-state index contributed by atoms with van der Waals surface area (Å²) in [4.78, 5) is 0. The molecule has 0 spiro atoms. The Balaban J connectivity index is 2.35. The zero-order valence-electron chi connectivity index (χ0n) is 10.4. The zero-order chi connectivity index (χ0) is 11.3. The molecule has 15 heavy (non-hydrogen) atoms. The molecule has 1 rings (SSSR count). The number of hydrogen-bond donors (Lipinski definition) is 1. The van der Waals surface area contributed by atoms with Crippen LogP contribution < -0.4 is 5.32 Å². The molecular weight excluding hydrogens is 182 g/mol. The molecule has 1 nitrogen and oxygen atoms in total. The molecule has 86 valence electrons. The molecule has 0 saturated heterocycles. The molecule has 1 N–H and O–H groups in total. The van der Waals surface area contributed by atoms with Crippen LogP contribution in [0.15, 0.2) is 0 Å². The van der Waals surface area contributed by atoms with E-state index in [1.807, 2.05) is 0 Å². The molecule has 1 heteroatoms. The molecular formula is C14H25N. The summed E-state index contributed by atoms with van der Waals surface area (Å²) < 4.78 is 0. The highest BCUT2D eigenvalue weighted by Gasteiger charge is 2.25. The summed E-state index contributed by atoms with van der Waals surface area (Å²) in [5, 5.41) is 3.72. The number of terminal acetylenes is 1. The maximum atomic E-state index is 5.37. The van der Waals surface area contributed by atoms with E-state index in [-0.39, 0.29) is 0 Å². The van der Waals surface area contributed by atoms with Gasteiger partial charge in [-0.1, -0.05) is 20.8 Å². The van der Waals surface area contributed by atoms with Crippen molar-refractivity contribution < 1.29 is 0 Å². The number of hydrogen-bond acceptors (Lipinski definition) is 1. The van der Waals surface area contributed by atoms with E-state index in [0.717, 1.165) is 24.7 Å². The maximum absolute atomic E-state index is 5.37. The Morgan fingerprint density at radius 1 is 1.33 bits per heavy atom. The quantitative estimate of drug-likeness (QED) is 0.698. The predicted molar refractivity (Wildman–Crippen MR) is 66.6 cm³/mol.